The van der Waals surface area contributed by atoms with Crippen LogP contribution in [0.5, 0.6) is 0 Å². The number of aryl methyl sites for hydroxylation is 1. The Morgan fingerprint density at radius 1 is 1.18 bits per heavy atom. The molecule has 0 aliphatic carbocycles. The molecule has 5 nitrogen and oxygen atoms in total. The van der Waals surface area contributed by atoms with E-state index in [2.05, 4.69) is 47.9 Å². The largest absolute Gasteiger partial charge is 0.469 e. The zero-order valence-corrected chi connectivity index (χ0v) is 18.9. The van der Waals surface area contributed by atoms with Crippen molar-refractivity contribution in [3.05, 3.63) is 60.1 Å². The maximum Gasteiger partial charge on any atom is 0.191 e. The van der Waals surface area contributed by atoms with Crippen molar-refractivity contribution in [1.29, 1.82) is 0 Å². The van der Waals surface area contributed by atoms with Crippen LogP contribution in [-0.2, 0) is 17.6 Å². The van der Waals surface area contributed by atoms with Crippen molar-refractivity contribution in [2.75, 3.05) is 26.3 Å². The number of hydrogen-bond acceptors (Lipinski definition) is 3. The molecular weight excluding hydrogens is 465 g/mol. The van der Waals surface area contributed by atoms with Crippen LogP contribution in [-0.4, -0.2) is 38.3 Å². The van der Waals surface area contributed by atoms with Crippen molar-refractivity contribution in [3.8, 4) is 0 Å². The maximum absolute atomic E-state index is 5.47. The minimum absolute atomic E-state index is 0. The van der Waals surface area contributed by atoms with Gasteiger partial charge < -0.3 is 19.8 Å². The molecule has 2 heterocycles. The first-order valence-electron chi connectivity index (χ1n) is 9.98. The molecule has 1 aromatic heterocycles. The number of benzene rings is 1. The molecule has 2 N–H and O–H groups in total. The Balaban J connectivity index is 0.00000280. The van der Waals surface area contributed by atoms with Gasteiger partial charge in [0.2, 0.25) is 0 Å². The van der Waals surface area contributed by atoms with E-state index in [1.54, 1.807) is 6.26 Å². The lowest BCUT2D eigenvalue weighted by atomic mass is 10.1. The highest BCUT2D eigenvalue weighted by Crippen LogP contribution is 2.12. The third-order valence-corrected chi connectivity index (χ3v) is 4.87. The lowest BCUT2D eigenvalue weighted by molar-refractivity contribution is 0.187. The highest BCUT2D eigenvalue weighted by Gasteiger charge is 2.15. The lowest BCUT2D eigenvalue weighted by Gasteiger charge is -2.19. The summed E-state index contributed by atoms with van der Waals surface area (Å²) < 4.78 is 10.9. The number of nitrogens with zero attached hydrogens (tertiary/aromatic N) is 1. The van der Waals surface area contributed by atoms with Gasteiger partial charge in [-0.3, -0.25) is 4.99 Å². The first kappa shape index (κ1) is 22.7. The molecule has 2 atom stereocenters. The van der Waals surface area contributed by atoms with E-state index in [1.807, 2.05) is 12.1 Å². The predicted octanol–water partition coefficient (Wildman–Crippen LogP) is 4.03. The number of hydrogen-bond donors (Lipinski definition) is 2. The van der Waals surface area contributed by atoms with Crippen molar-refractivity contribution in [2.24, 2.45) is 10.9 Å². The Morgan fingerprint density at radius 3 is 2.75 bits per heavy atom. The monoisotopic (exact) mass is 497 g/mol. The number of halogens is 1. The molecule has 0 bridgehead atoms. The third-order valence-electron chi connectivity index (χ3n) is 4.87. The SMILES string of the molecule is CC(CCc1ccccc1)NC(=NCC1CCOC1)NCCc1ccco1.I. The molecule has 0 saturated carbocycles. The summed E-state index contributed by atoms with van der Waals surface area (Å²) in [5, 5.41) is 7.01. The van der Waals surface area contributed by atoms with Crippen LogP contribution in [0.2, 0.25) is 0 Å². The normalized spacial score (nSPS) is 17.8. The van der Waals surface area contributed by atoms with Gasteiger partial charge in [-0.05, 0) is 43.9 Å². The standard InChI is InChI=1S/C22H31N3O2.HI/c1-18(9-10-19-6-3-2-4-7-19)25-22(24-16-20-12-15-26-17-20)23-13-11-21-8-5-14-27-21;/h2-8,14,18,20H,9-13,15-17H2,1H3,(H2,23,24,25);1H. The van der Waals surface area contributed by atoms with Gasteiger partial charge in [-0.25, -0.2) is 0 Å². The second-order valence-electron chi connectivity index (χ2n) is 7.24. The van der Waals surface area contributed by atoms with Crippen molar-refractivity contribution in [2.45, 2.75) is 38.6 Å². The summed E-state index contributed by atoms with van der Waals surface area (Å²) in [5.41, 5.74) is 1.37. The number of aliphatic imine (C=N–C) groups is 1. The van der Waals surface area contributed by atoms with Crippen LogP contribution in [0.15, 0.2) is 58.1 Å². The van der Waals surface area contributed by atoms with Crippen LogP contribution < -0.4 is 10.6 Å². The number of furan rings is 1. The van der Waals surface area contributed by atoms with Gasteiger partial charge in [0.1, 0.15) is 5.76 Å². The zero-order valence-electron chi connectivity index (χ0n) is 16.6. The van der Waals surface area contributed by atoms with Crippen LogP contribution in [0.25, 0.3) is 0 Å². The van der Waals surface area contributed by atoms with E-state index in [4.69, 9.17) is 14.1 Å². The molecule has 1 saturated heterocycles. The van der Waals surface area contributed by atoms with Crippen LogP contribution in [0, 0.1) is 5.92 Å². The van der Waals surface area contributed by atoms with Crippen LogP contribution in [0.4, 0.5) is 0 Å². The van der Waals surface area contributed by atoms with Gasteiger partial charge in [0.05, 0.1) is 12.9 Å². The molecule has 1 aliphatic rings. The summed E-state index contributed by atoms with van der Waals surface area (Å²) in [6.45, 7) is 5.51. The number of nitrogens with one attached hydrogen (secondary N) is 2. The van der Waals surface area contributed by atoms with Crippen molar-refractivity contribution in [3.63, 3.8) is 0 Å². The molecule has 0 amide bonds. The number of ether oxygens (including phenoxy) is 1. The quantitative estimate of drug-likeness (QED) is 0.312. The van der Waals surface area contributed by atoms with Crippen LogP contribution >= 0.6 is 24.0 Å². The van der Waals surface area contributed by atoms with E-state index in [0.717, 1.165) is 63.7 Å². The maximum atomic E-state index is 5.47. The summed E-state index contributed by atoms with van der Waals surface area (Å²) >= 11 is 0. The Labute approximate surface area is 185 Å². The fraction of sp³-hybridized carbons (Fsp3) is 0.500. The molecular formula is C22H32IN3O2. The Bertz CT molecular complexity index is 670. The molecule has 0 spiro atoms. The average Bonchev–Trinajstić information content (AvgIpc) is 3.39. The Morgan fingerprint density at radius 2 is 2.04 bits per heavy atom. The second kappa shape index (κ2) is 12.8. The van der Waals surface area contributed by atoms with Crippen LogP contribution in [0.1, 0.15) is 31.1 Å². The fourth-order valence-corrected chi connectivity index (χ4v) is 3.19. The van der Waals surface area contributed by atoms with E-state index in [-0.39, 0.29) is 24.0 Å². The summed E-state index contributed by atoms with van der Waals surface area (Å²) in [5.74, 6) is 2.41. The minimum Gasteiger partial charge on any atom is -0.469 e. The number of guanidine groups is 1. The van der Waals surface area contributed by atoms with Gasteiger partial charge in [-0.2, -0.15) is 0 Å². The summed E-state index contributed by atoms with van der Waals surface area (Å²) in [4.78, 5) is 4.80. The highest BCUT2D eigenvalue weighted by molar-refractivity contribution is 14.0. The van der Waals surface area contributed by atoms with Gasteiger partial charge in [-0.1, -0.05) is 30.3 Å². The van der Waals surface area contributed by atoms with E-state index >= 15 is 0 Å². The molecule has 154 valence electrons. The smallest absolute Gasteiger partial charge is 0.191 e. The van der Waals surface area contributed by atoms with Gasteiger partial charge in [-0.15, -0.1) is 24.0 Å². The molecule has 0 radical (unpaired) electrons. The number of rotatable bonds is 9. The molecule has 1 aliphatic heterocycles. The lowest BCUT2D eigenvalue weighted by Crippen LogP contribution is -2.43. The van der Waals surface area contributed by atoms with E-state index < -0.39 is 0 Å². The van der Waals surface area contributed by atoms with Gasteiger partial charge in [0.25, 0.3) is 0 Å². The second-order valence-corrected chi connectivity index (χ2v) is 7.24. The molecule has 1 fully saturated rings. The Kier molecular flexibility index (Phi) is 10.4. The Hall–Kier alpha value is -1.54. The van der Waals surface area contributed by atoms with E-state index in [0.29, 0.717) is 12.0 Å². The molecule has 28 heavy (non-hydrogen) atoms. The molecule has 2 unspecified atom stereocenters. The molecule has 3 rings (SSSR count). The average molecular weight is 497 g/mol. The van der Waals surface area contributed by atoms with Gasteiger partial charge in [0, 0.05) is 38.1 Å². The van der Waals surface area contributed by atoms with E-state index in [9.17, 15) is 0 Å². The molecule has 2 aromatic rings. The summed E-state index contributed by atoms with van der Waals surface area (Å²) in [7, 11) is 0. The molecule has 1 aromatic carbocycles. The van der Waals surface area contributed by atoms with Crippen molar-refractivity contribution < 1.29 is 9.15 Å². The summed E-state index contributed by atoms with van der Waals surface area (Å²) in [6.07, 6.45) is 5.79. The first-order valence-corrected chi connectivity index (χ1v) is 9.98. The topological polar surface area (TPSA) is 58.8 Å². The van der Waals surface area contributed by atoms with Crippen LogP contribution in [0.3, 0.4) is 0 Å². The molecule has 6 heteroatoms. The van der Waals surface area contributed by atoms with Gasteiger partial charge in [0.15, 0.2) is 5.96 Å². The predicted molar refractivity (Wildman–Crippen MR) is 124 cm³/mol. The highest BCUT2D eigenvalue weighted by atomic mass is 127. The van der Waals surface area contributed by atoms with Gasteiger partial charge >= 0.3 is 0 Å². The third kappa shape index (κ3) is 8.22. The van der Waals surface area contributed by atoms with E-state index in [1.165, 1.54) is 5.56 Å². The minimum atomic E-state index is 0. The zero-order chi connectivity index (χ0) is 18.7. The fourth-order valence-electron chi connectivity index (χ4n) is 3.19. The van der Waals surface area contributed by atoms with Crippen molar-refractivity contribution >= 4 is 29.9 Å². The summed E-state index contributed by atoms with van der Waals surface area (Å²) in [6, 6.07) is 14.9. The van der Waals surface area contributed by atoms with Crippen molar-refractivity contribution in [1.82, 2.24) is 10.6 Å². The first-order chi connectivity index (χ1) is 13.3.